The maximum Gasteiger partial charge on any atom is 0.142 e. The number of aromatic nitrogens is 3. The Balaban J connectivity index is 1.37. The van der Waals surface area contributed by atoms with Gasteiger partial charge in [-0.25, -0.2) is 14.4 Å². The van der Waals surface area contributed by atoms with Gasteiger partial charge in [0.15, 0.2) is 0 Å². The highest BCUT2D eigenvalue weighted by Gasteiger charge is 2.32. The molecule has 1 aliphatic rings. The molecule has 0 bridgehead atoms. The number of benzene rings is 1. The molecule has 3 aromatic rings. The molecule has 3 heterocycles. The van der Waals surface area contributed by atoms with Gasteiger partial charge >= 0.3 is 0 Å². The number of hydrogen-bond acceptors (Lipinski definition) is 4. The first-order chi connectivity index (χ1) is 12.3. The van der Waals surface area contributed by atoms with Crippen molar-refractivity contribution in [2.75, 3.05) is 13.1 Å². The zero-order valence-corrected chi connectivity index (χ0v) is 14.0. The summed E-state index contributed by atoms with van der Waals surface area (Å²) in [6.45, 7) is 2.59. The zero-order chi connectivity index (χ0) is 17.1. The highest BCUT2D eigenvalue weighted by molar-refractivity contribution is 5.82. The number of hydrogen-bond donors (Lipinski definition) is 2. The molecule has 0 saturated carbocycles. The van der Waals surface area contributed by atoms with Crippen molar-refractivity contribution in [1.29, 1.82) is 0 Å². The van der Waals surface area contributed by atoms with Crippen molar-refractivity contribution in [2.45, 2.75) is 31.7 Å². The number of alkyl halides is 1. The van der Waals surface area contributed by atoms with E-state index in [0.29, 0.717) is 19.5 Å². The third kappa shape index (κ3) is 3.70. The SMILES string of the molecule is F[C@H]1C[C@@H](CNCc2cccc3[nH]ccc23)N(Cc2ncccn2)C1. The van der Waals surface area contributed by atoms with Crippen molar-refractivity contribution in [2.24, 2.45) is 0 Å². The Kier molecular flexibility index (Phi) is 4.72. The van der Waals surface area contributed by atoms with Gasteiger partial charge in [-0.15, -0.1) is 0 Å². The van der Waals surface area contributed by atoms with E-state index >= 15 is 0 Å². The average molecular weight is 339 g/mol. The molecule has 6 heteroatoms. The second kappa shape index (κ2) is 7.29. The topological polar surface area (TPSA) is 56.8 Å². The lowest BCUT2D eigenvalue weighted by atomic mass is 10.1. The van der Waals surface area contributed by atoms with Gasteiger partial charge in [-0.1, -0.05) is 12.1 Å². The molecule has 4 rings (SSSR count). The molecule has 2 N–H and O–H groups in total. The van der Waals surface area contributed by atoms with Crippen molar-refractivity contribution in [3.05, 3.63) is 60.3 Å². The van der Waals surface area contributed by atoms with Crippen LogP contribution in [0.5, 0.6) is 0 Å². The Morgan fingerprint density at radius 3 is 2.96 bits per heavy atom. The molecule has 1 aromatic carbocycles. The summed E-state index contributed by atoms with van der Waals surface area (Å²) in [5, 5.41) is 4.73. The largest absolute Gasteiger partial charge is 0.361 e. The molecule has 5 nitrogen and oxygen atoms in total. The van der Waals surface area contributed by atoms with Crippen LogP contribution in [-0.2, 0) is 13.1 Å². The van der Waals surface area contributed by atoms with E-state index in [1.165, 1.54) is 10.9 Å². The van der Waals surface area contributed by atoms with E-state index < -0.39 is 6.17 Å². The quantitative estimate of drug-likeness (QED) is 0.725. The summed E-state index contributed by atoms with van der Waals surface area (Å²) in [6, 6.07) is 10.3. The third-order valence-corrected chi connectivity index (χ3v) is 4.82. The molecule has 0 spiro atoms. The number of aromatic amines is 1. The van der Waals surface area contributed by atoms with Crippen LogP contribution < -0.4 is 5.32 Å². The van der Waals surface area contributed by atoms with Crippen molar-refractivity contribution < 1.29 is 4.39 Å². The van der Waals surface area contributed by atoms with Crippen LogP contribution in [0.15, 0.2) is 48.9 Å². The summed E-state index contributed by atoms with van der Waals surface area (Å²) in [4.78, 5) is 13.9. The van der Waals surface area contributed by atoms with Gasteiger partial charge < -0.3 is 10.3 Å². The molecule has 2 atom stereocenters. The summed E-state index contributed by atoms with van der Waals surface area (Å²) in [5.41, 5.74) is 2.40. The highest BCUT2D eigenvalue weighted by Crippen LogP contribution is 2.22. The molecular weight excluding hydrogens is 317 g/mol. The normalized spacial score (nSPS) is 21.2. The molecule has 0 radical (unpaired) electrons. The third-order valence-electron chi connectivity index (χ3n) is 4.82. The first-order valence-corrected chi connectivity index (χ1v) is 8.69. The predicted octanol–water partition coefficient (Wildman–Crippen LogP) is 2.66. The Bertz CT molecular complexity index is 819. The maximum atomic E-state index is 13.9. The molecule has 0 unspecified atom stereocenters. The average Bonchev–Trinajstić information content (AvgIpc) is 3.23. The van der Waals surface area contributed by atoms with Crippen molar-refractivity contribution in [1.82, 2.24) is 25.2 Å². The summed E-state index contributed by atoms with van der Waals surface area (Å²) < 4.78 is 13.9. The summed E-state index contributed by atoms with van der Waals surface area (Å²) >= 11 is 0. The minimum atomic E-state index is -0.774. The fourth-order valence-electron chi connectivity index (χ4n) is 3.60. The first-order valence-electron chi connectivity index (χ1n) is 8.69. The molecular formula is C19H22FN5. The number of nitrogens with zero attached hydrogens (tertiary/aromatic N) is 3. The number of halogens is 1. The van der Waals surface area contributed by atoms with Crippen molar-refractivity contribution >= 4 is 10.9 Å². The van der Waals surface area contributed by atoms with E-state index in [-0.39, 0.29) is 6.04 Å². The molecule has 130 valence electrons. The van der Waals surface area contributed by atoms with Crippen LogP contribution >= 0.6 is 0 Å². The van der Waals surface area contributed by atoms with Gasteiger partial charge in [0.05, 0.1) is 6.54 Å². The van der Waals surface area contributed by atoms with E-state index in [1.54, 1.807) is 18.5 Å². The fourth-order valence-corrected chi connectivity index (χ4v) is 3.60. The lowest BCUT2D eigenvalue weighted by Gasteiger charge is -2.23. The fraction of sp³-hybridized carbons (Fsp3) is 0.368. The Hall–Kier alpha value is -2.31. The van der Waals surface area contributed by atoms with Crippen LogP contribution in [0, 0.1) is 0 Å². The van der Waals surface area contributed by atoms with Crippen molar-refractivity contribution in [3.8, 4) is 0 Å². The van der Waals surface area contributed by atoms with Gasteiger partial charge in [0.1, 0.15) is 12.0 Å². The number of fused-ring (bicyclic) bond motifs is 1. The second-order valence-corrected chi connectivity index (χ2v) is 6.57. The predicted molar refractivity (Wildman–Crippen MR) is 95.7 cm³/mol. The zero-order valence-electron chi connectivity index (χ0n) is 14.0. The molecule has 0 aliphatic carbocycles. The van der Waals surface area contributed by atoms with E-state index in [0.717, 1.165) is 24.4 Å². The Morgan fingerprint density at radius 1 is 1.20 bits per heavy atom. The molecule has 25 heavy (non-hydrogen) atoms. The van der Waals surface area contributed by atoms with E-state index in [1.807, 2.05) is 6.20 Å². The summed E-state index contributed by atoms with van der Waals surface area (Å²) in [7, 11) is 0. The number of likely N-dealkylation sites (tertiary alicyclic amines) is 1. The number of H-pyrrole nitrogens is 1. The minimum absolute atomic E-state index is 0.171. The second-order valence-electron chi connectivity index (χ2n) is 6.57. The summed E-state index contributed by atoms with van der Waals surface area (Å²) in [6.07, 6.45) is 5.21. The van der Waals surface area contributed by atoms with Crippen LogP contribution in [0.25, 0.3) is 10.9 Å². The van der Waals surface area contributed by atoms with Gasteiger partial charge in [0, 0.05) is 55.2 Å². The lowest BCUT2D eigenvalue weighted by molar-refractivity contribution is 0.225. The van der Waals surface area contributed by atoms with Crippen LogP contribution in [0.2, 0.25) is 0 Å². The van der Waals surface area contributed by atoms with Gasteiger partial charge in [-0.2, -0.15) is 0 Å². The van der Waals surface area contributed by atoms with E-state index in [2.05, 4.69) is 49.4 Å². The van der Waals surface area contributed by atoms with E-state index in [9.17, 15) is 4.39 Å². The Labute approximate surface area is 146 Å². The van der Waals surface area contributed by atoms with E-state index in [4.69, 9.17) is 0 Å². The highest BCUT2D eigenvalue weighted by atomic mass is 19.1. The van der Waals surface area contributed by atoms with Crippen LogP contribution in [0.4, 0.5) is 4.39 Å². The van der Waals surface area contributed by atoms with Gasteiger partial charge in [0.2, 0.25) is 0 Å². The molecule has 1 saturated heterocycles. The molecule has 1 fully saturated rings. The maximum absolute atomic E-state index is 13.9. The number of rotatable bonds is 6. The summed E-state index contributed by atoms with van der Waals surface area (Å²) in [5.74, 6) is 0.749. The van der Waals surface area contributed by atoms with Crippen molar-refractivity contribution in [3.63, 3.8) is 0 Å². The standard InChI is InChI=1S/C19H22FN5/c20-15-9-16(25(12-15)13-19-23-6-2-7-24-19)11-21-10-14-3-1-4-18-17(14)5-8-22-18/h1-8,15-16,21-22H,9-13H2/t15-,16-/m0/s1. The monoisotopic (exact) mass is 339 g/mol. The molecule has 2 aromatic heterocycles. The van der Waals surface area contributed by atoms with Crippen LogP contribution in [0.3, 0.4) is 0 Å². The molecule has 0 amide bonds. The van der Waals surface area contributed by atoms with Gasteiger partial charge in [-0.3, -0.25) is 4.90 Å². The Morgan fingerprint density at radius 2 is 2.08 bits per heavy atom. The van der Waals surface area contributed by atoms with Gasteiger partial charge in [-0.05, 0) is 30.2 Å². The lowest BCUT2D eigenvalue weighted by Crippen LogP contribution is -2.37. The van der Waals surface area contributed by atoms with Crippen LogP contribution in [-0.4, -0.2) is 45.2 Å². The molecule has 1 aliphatic heterocycles. The first kappa shape index (κ1) is 16.2. The van der Waals surface area contributed by atoms with Crippen LogP contribution in [0.1, 0.15) is 17.8 Å². The van der Waals surface area contributed by atoms with Gasteiger partial charge in [0.25, 0.3) is 0 Å². The number of nitrogens with one attached hydrogen (secondary N) is 2. The minimum Gasteiger partial charge on any atom is -0.361 e. The smallest absolute Gasteiger partial charge is 0.142 e.